The first-order valence-electron chi connectivity index (χ1n) is 49.0. The highest BCUT2D eigenvalue weighted by Gasteiger charge is 2.33. The van der Waals surface area contributed by atoms with Crippen LogP contribution < -0.4 is 41.7 Å². The van der Waals surface area contributed by atoms with E-state index < -0.39 is 0 Å². The monoisotopic (exact) mass is 1790 g/mol. The van der Waals surface area contributed by atoms with Gasteiger partial charge in [0.15, 0.2) is 0 Å². The lowest BCUT2D eigenvalue weighted by molar-refractivity contribution is 0.798. The maximum absolute atomic E-state index is 5.18. The van der Waals surface area contributed by atoms with Crippen LogP contribution in [0.4, 0.5) is 0 Å². The fourth-order valence-corrected chi connectivity index (χ4v) is 23.3. The van der Waals surface area contributed by atoms with Gasteiger partial charge in [0.05, 0.1) is 34.2 Å². The van der Waals surface area contributed by atoms with Gasteiger partial charge in [-0.15, -0.1) is 0 Å². The molecule has 8 aromatic heterocycles. The summed E-state index contributed by atoms with van der Waals surface area (Å²) in [5, 5.41) is 15.6. The highest BCUT2D eigenvalue weighted by atomic mass is 15.0. The first-order valence-corrected chi connectivity index (χ1v) is 49.0. The van der Waals surface area contributed by atoms with Crippen LogP contribution in [0.5, 0.6) is 0 Å². The van der Waals surface area contributed by atoms with Gasteiger partial charge in [0.1, 0.15) is 22.6 Å². The Morgan fingerprint density at radius 1 is 0.229 bits per heavy atom. The third-order valence-electron chi connectivity index (χ3n) is 29.6. The number of rotatable bonds is 14. The molecule has 8 heteroatoms. The molecule has 0 aliphatic heterocycles. The lowest BCUT2D eigenvalue weighted by atomic mass is 9.72. The van der Waals surface area contributed by atoms with Crippen molar-refractivity contribution in [2.24, 2.45) is 11.8 Å². The van der Waals surface area contributed by atoms with E-state index in [1.165, 1.54) is 163 Å². The Bertz CT molecular complexity index is 9490. The summed E-state index contributed by atoms with van der Waals surface area (Å²) in [6.07, 6.45) is 42.3. The summed E-state index contributed by atoms with van der Waals surface area (Å²) in [5.74, 6) is 0.460. The van der Waals surface area contributed by atoms with E-state index in [0.717, 1.165) is 129 Å². The standard InChI is InChI=1S/C72H50N4.C60H42N4/c1-3-19-53(20-4-1)71-69(73-63-31-15-17-45-75(63)71)51-41-37-49(38-42-51)67-59-27-11-7-23-55(59)65(56-24-8-12-28-60(56)67)47-33-35-48(36-34-47)66-57-25-9-13-29-61(57)68(62-30-14-10-26-58(62)66)50-39-43-52(44-40-50)70-72(54-21-5-2-6-22-54)76-46-18-16-32-64(76)74-70;1-5-17-49-45(13-1)57(41-27-23-39(24-28-41)53-37-63-35-11-9-21-55(63)61-53)46-14-2-6-18-50(46)59(49)43-31-33-44(34-32-43)60-51-19-7-3-15-47(51)58(48-16-4-8-20-52(48)60)42-29-25-40(26-30-42)54-38-64-36-12-10-22-56(64)62-54/h1-9,11-13,15-27,29-46,60H,10,14,28H2;1-3,5-7,9-13,15-38,46H,4,8,14H2. The van der Waals surface area contributed by atoms with Gasteiger partial charge in [-0.25, -0.2) is 19.9 Å². The van der Waals surface area contributed by atoms with E-state index in [4.69, 9.17) is 19.9 Å². The summed E-state index contributed by atoms with van der Waals surface area (Å²) in [5.41, 5.74) is 40.0. The molecule has 0 saturated carbocycles. The van der Waals surface area contributed by atoms with Crippen molar-refractivity contribution in [1.29, 1.82) is 0 Å². The Morgan fingerprint density at radius 2 is 0.521 bits per heavy atom. The van der Waals surface area contributed by atoms with E-state index >= 15 is 0 Å². The second-order valence-electron chi connectivity index (χ2n) is 37.4. The molecule has 6 aliphatic carbocycles. The number of imidazole rings is 4. The number of fused-ring (bicyclic) bond motifs is 12. The van der Waals surface area contributed by atoms with Crippen LogP contribution in [-0.2, 0) is 0 Å². The van der Waals surface area contributed by atoms with Crippen molar-refractivity contribution in [2.75, 3.05) is 0 Å². The fraction of sp³-hybridized carbons (Fsp3) is 0.0606. The lowest BCUT2D eigenvalue weighted by Gasteiger charge is -2.31. The molecule has 0 spiro atoms. The minimum absolute atomic E-state index is 0.212. The maximum Gasteiger partial charge on any atom is 0.137 e. The van der Waals surface area contributed by atoms with Crippen molar-refractivity contribution in [1.82, 2.24) is 37.5 Å². The van der Waals surface area contributed by atoms with Crippen LogP contribution in [0.25, 0.3) is 203 Å². The smallest absolute Gasteiger partial charge is 0.137 e. The predicted octanol–water partition coefficient (Wildman–Crippen LogP) is 25.5. The molecule has 2 unspecified atom stereocenters. The van der Waals surface area contributed by atoms with Crippen LogP contribution >= 0.6 is 0 Å². The number of nitrogens with zero attached hydrogens (tertiary/aromatic N) is 8. The first-order chi connectivity index (χ1) is 69.5. The predicted molar refractivity (Wildman–Crippen MR) is 577 cm³/mol. The summed E-state index contributed by atoms with van der Waals surface area (Å²) in [6.45, 7) is 0. The third kappa shape index (κ3) is 13.9. The van der Waals surface area contributed by atoms with Gasteiger partial charge >= 0.3 is 0 Å². The van der Waals surface area contributed by atoms with Crippen LogP contribution in [0.1, 0.15) is 60.8 Å². The number of pyridine rings is 4. The molecular formula is C132H92N8. The van der Waals surface area contributed by atoms with Crippen LogP contribution in [0.3, 0.4) is 0 Å². The molecule has 14 aromatic carbocycles. The van der Waals surface area contributed by atoms with E-state index in [1.807, 2.05) is 30.3 Å². The van der Waals surface area contributed by atoms with Gasteiger partial charge in [-0.2, -0.15) is 0 Å². The molecule has 0 radical (unpaired) electrons. The molecule has 0 saturated heterocycles. The molecule has 0 bridgehead atoms. The van der Waals surface area contributed by atoms with Crippen molar-refractivity contribution in [2.45, 2.75) is 38.5 Å². The lowest BCUT2D eigenvalue weighted by Crippen LogP contribution is -2.37. The van der Waals surface area contributed by atoms with Gasteiger partial charge in [-0.3, -0.25) is 8.80 Å². The Balaban J connectivity index is 0.000000143. The van der Waals surface area contributed by atoms with Crippen molar-refractivity contribution in [3.05, 3.63) is 525 Å². The van der Waals surface area contributed by atoms with E-state index in [0.29, 0.717) is 0 Å². The molecule has 2 atom stereocenters. The van der Waals surface area contributed by atoms with Crippen LogP contribution in [-0.4, -0.2) is 37.5 Å². The zero-order valence-electron chi connectivity index (χ0n) is 77.0. The minimum atomic E-state index is 0.212. The number of aromatic nitrogens is 8. The number of benzene rings is 14. The molecule has 22 aromatic rings. The average molecular weight is 1790 g/mol. The molecule has 28 rings (SSSR count). The van der Waals surface area contributed by atoms with E-state index in [-0.39, 0.29) is 11.8 Å². The zero-order chi connectivity index (χ0) is 92.2. The molecule has 6 aliphatic rings. The zero-order valence-corrected chi connectivity index (χ0v) is 77.0. The van der Waals surface area contributed by atoms with E-state index in [2.05, 4.69) is 461 Å². The summed E-state index contributed by atoms with van der Waals surface area (Å²) < 4.78 is 8.57. The normalized spacial score (nSPS) is 15.0. The highest BCUT2D eigenvalue weighted by molar-refractivity contribution is 6.08. The van der Waals surface area contributed by atoms with Crippen molar-refractivity contribution < 1.29 is 0 Å². The molecule has 660 valence electrons. The van der Waals surface area contributed by atoms with E-state index in [1.54, 1.807) is 0 Å². The Morgan fingerprint density at radius 3 is 0.879 bits per heavy atom. The Labute approximate surface area is 809 Å². The van der Waals surface area contributed by atoms with Gasteiger partial charge in [-0.1, -0.05) is 388 Å². The van der Waals surface area contributed by atoms with Crippen LogP contribution in [0.2, 0.25) is 0 Å². The van der Waals surface area contributed by atoms with Crippen LogP contribution in [0.15, 0.2) is 461 Å². The van der Waals surface area contributed by atoms with Gasteiger partial charge in [0.25, 0.3) is 0 Å². The third-order valence-corrected chi connectivity index (χ3v) is 29.6. The van der Waals surface area contributed by atoms with Gasteiger partial charge in [-0.05, 0) is 251 Å². The molecule has 0 amide bonds. The topological polar surface area (TPSA) is 69.2 Å². The summed E-state index contributed by atoms with van der Waals surface area (Å²) in [4.78, 5) is 20.1. The molecule has 8 heterocycles. The number of allylic oxidation sites excluding steroid dienone is 8. The second-order valence-corrected chi connectivity index (χ2v) is 37.4. The molecular weight excluding hydrogens is 1700 g/mol. The molecule has 8 nitrogen and oxygen atoms in total. The second kappa shape index (κ2) is 34.3. The first kappa shape index (κ1) is 81.8. The summed E-state index contributed by atoms with van der Waals surface area (Å²) in [7, 11) is 0. The minimum Gasteiger partial charge on any atom is -0.306 e. The summed E-state index contributed by atoms with van der Waals surface area (Å²) in [6, 6.07) is 137. The molecule has 0 N–H and O–H groups in total. The number of hydrogen-bond donors (Lipinski definition) is 0. The fourth-order valence-electron chi connectivity index (χ4n) is 23.3. The Hall–Kier alpha value is -17.7. The van der Waals surface area contributed by atoms with Crippen LogP contribution in [0, 0.1) is 11.8 Å². The number of hydrogen-bond acceptors (Lipinski definition) is 4. The quantitative estimate of drug-likeness (QED) is 0.109. The largest absolute Gasteiger partial charge is 0.306 e. The van der Waals surface area contributed by atoms with Gasteiger partial charge < -0.3 is 8.80 Å². The van der Waals surface area contributed by atoms with Crippen molar-refractivity contribution in [3.63, 3.8) is 0 Å². The maximum atomic E-state index is 5.18. The average Bonchev–Trinajstić information content (AvgIpc) is 1.28. The molecule has 0 fully saturated rings. The van der Waals surface area contributed by atoms with Crippen molar-refractivity contribution in [3.8, 4) is 112 Å². The Kier molecular flexibility index (Phi) is 20.0. The van der Waals surface area contributed by atoms with Gasteiger partial charge in [0, 0.05) is 82.4 Å². The van der Waals surface area contributed by atoms with E-state index in [9.17, 15) is 0 Å². The SMILES string of the molecule is C1=CCC2C(=C1)C(c1ccc(-c3c4c(c(-c5ccc(-c6cn7ccccc7n6)cc5)c5ccccc35)=CCCC=4)cc1)=c1ccccc1=C2c1ccc(-c2cn3ccccc3n2)cc1.C1=CCC2C(=C1)C(c1ccc(-c3c4c(c(-c5ccc(-c6nc7ccccn7c6-c6ccccc6)cc5)c5ccccc35)=CCCC=4)cc1)=c1ccccc1=C2c1ccc(-c2nc3ccccn3c2-c2ccccc2)cc1. The van der Waals surface area contributed by atoms with Crippen molar-refractivity contribution >= 4 is 90.7 Å². The summed E-state index contributed by atoms with van der Waals surface area (Å²) >= 11 is 0. The highest BCUT2D eigenvalue weighted by Crippen LogP contribution is 2.47. The molecule has 140 heavy (non-hydrogen) atoms. The van der Waals surface area contributed by atoms with Gasteiger partial charge in [0.2, 0.25) is 0 Å².